The lowest BCUT2D eigenvalue weighted by Crippen LogP contribution is -2.28. The molecule has 0 spiro atoms. The summed E-state index contributed by atoms with van der Waals surface area (Å²) < 4.78 is 0. The third-order valence-corrected chi connectivity index (χ3v) is 4.00. The zero-order chi connectivity index (χ0) is 14.1. The highest BCUT2D eigenvalue weighted by atomic mass is 15.2. The van der Waals surface area contributed by atoms with Gasteiger partial charge in [-0.25, -0.2) is 9.97 Å². The molecule has 2 aromatic rings. The van der Waals surface area contributed by atoms with Crippen molar-refractivity contribution in [2.45, 2.75) is 39.2 Å². The van der Waals surface area contributed by atoms with E-state index in [0.29, 0.717) is 12.0 Å². The maximum Gasteiger partial charge on any atom is 0.126 e. The smallest absolute Gasteiger partial charge is 0.126 e. The molecule has 1 saturated heterocycles. The molecule has 3 rings (SSSR count). The minimum Gasteiger partial charge on any atom is -0.300 e. The van der Waals surface area contributed by atoms with Crippen LogP contribution >= 0.6 is 0 Å². The van der Waals surface area contributed by atoms with Gasteiger partial charge in [0.2, 0.25) is 0 Å². The van der Waals surface area contributed by atoms with Crippen LogP contribution in [0.2, 0.25) is 0 Å². The van der Waals surface area contributed by atoms with Crippen molar-refractivity contribution in [1.82, 2.24) is 25.1 Å². The Kier molecular flexibility index (Phi) is 3.53. The molecule has 1 aliphatic rings. The number of aromatic nitrogens is 4. The third kappa shape index (κ3) is 2.58. The summed E-state index contributed by atoms with van der Waals surface area (Å²) in [4.78, 5) is 11.7. The molecule has 0 unspecified atom stereocenters. The summed E-state index contributed by atoms with van der Waals surface area (Å²) in [6, 6.07) is 4.66. The first kappa shape index (κ1) is 13.2. The van der Waals surface area contributed by atoms with Crippen LogP contribution < -0.4 is 0 Å². The van der Waals surface area contributed by atoms with E-state index in [2.05, 4.69) is 45.0 Å². The summed E-state index contributed by atoms with van der Waals surface area (Å²) >= 11 is 0. The summed E-state index contributed by atoms with van der Waals surface area (Å²) in [7, 11) is 0. The maximum atomic E-state index is 4.65. The summed E-state index contributed by atoms with van der Waals surface area (Å²) in [5, 5.41) is 6.97. The van der Waals surface area contributed by atoms with E-state index in [1.54, 1.807) is 6.20 Å². The Morgan fingerprint density at radius 2 is 2.20 bits per heavy atom. The maximum absolute atomic E-state index is 4.65. The number of nitrogens with zero attached hydrogens (tertiary/aromatic N) is 4. The van der Waals surface area contributed by atoms with Gasteiger partial charge in [-0.2, -0.15) is 5.10 Å². The average molecular weight is 271 g/mol. The number of aryl methyl sites for hydroxylation is 1. The average Bonchev–Trinajstić information content (AvgIpc) is 3.10. The number of aromatic amines is 1. The van der Waals surface area contributed by atoms with E-state index in [0.717, 1.165) is 36.0 Å². The van der Waals surface area contributed by atoms with Gasteiger partial charge < -0.3 is 4.90 Å². The second kappa shape index (κ2) is 5.32. The monoisotopic (exact) mass is 271 g/mol. The van der Waals surface area contributed by atoms with Crippen LogP contribution in [0.5, 0.6) is 0 Å². The zero-order valence-electron chi connectivity index (χ0n) is 12.3. The van der Waals surface area contributed by atoms with Gasteiger partial charge >= 0.3 is 0 Å². The number of H-pyrrole nitrogens is 1. The second-order valence-electron chi connectivity index (χ2n) is 5.77. The summed E-state index contributed by atoms with van der Waals surface area (Å²) in [5.41, 5.74) is 3.05. The van der Waals surface area contributed by atoms with E-state index in [1.165, 1.54) is 6.42 Å². The highest BCUT2D eigenvalue weighted by Crippen LogP contribution is 2.28. The van der Waals surface area contributed by atoms with E-state index in [9.17, 15) is 0 Å². The van der Waals surface area contributed by atoms with Crippen molar-refractivity contribution in [3.8, 4) is 11.4 Å². The number of hydrogen-bond donors (Lipinski definition) is 1. The Balaban J connectivity index is 1.87. The fourth-order valence-electron chi connectivity index (χ4n) is 2.83. The molecule has 0 amide bonds. The molecule has 1 aliphatic heterocycles. The SMILES string of the molecule is Cc1nc(-c2ccn[nH]2)cc([C@@H]2CCN(C(C)C)C2)n1. The quantitative estimate of drug-likeness (QED) is 0.931. The van der Waals surface area contributed by atoms with E-state index < -0.39 is 0 Å². The molecule has 0 aromatic carbocycles. The van der Waals surface area contributed by atoms with Gasteiger partial charge in [-0.15, -0.1) is 0 Å². The molecule has 5 heteroatoms. The Labute approximate surface area is 119 Å². The molecule has 1 N–H and O–H groups in total. The molecule has 20 heavy (non-hydrogen) atoms. The van der Waals surface area contributed by atoms with Crippen LogP contribution in [-0.2, 0) is 0 Å². The van der Waals surface area contributed by atoms with Crippen LogP contribution in [0, 0.1) is 6.92 Å². The predicted octanol–water partition coefficient (Wildman–Crippen LogP) is 2.37. The van der Waals surface area contributed by atoms with Gasteiger partial charge in [0.1, 0.15) is 5.82 Å². The van der Waals surface area contributed by atoms with Crippen molar-refractivity contribution in [3.63, 3.8) is 0 Å². The van der Waals surface area contributed by atoms with Gasteiger partial charge in [0.05, 0.1) is 11.4 Å². The van der Waals surface area contributed by atoms with Crippen LogP contribution in [0.3, 0.4) is 0 Å². The fraction of sp³-hybridized carbons (Fsp3) is 0.533. The van der Waals surface area contributed by atoms with Crippen molar-refractivity contribution >= 4 is 0 Å². The van der Waals surface area contributed by atoms with E-state index >= 15 is 0 Å². The lowest BCUT2D eigenvalue weighted by atomic mass is 10.0. The Morgan fingerprint density at radius 1 is 1.35 bits per heavy atom. The standard InChI is InChI=1S/C15H21N5/c1-10(2)20-7-5-12(9-20)14-8-15(18-11(3)17-14)13-4-6-16-19-13/h4,6,8,10,12H,5,7,9H2,1-3H3,(H,16,19)/t12-/m1/s1. The topological polar surface area (TPSA) is 57.7 Å². The molecule has 5 nitrogen and oxygen atoms in total. The highest BCUT2D eigenvalue weighted by molar-refractivity contribution is 5.53. The van der Waals surface area contributed by atoms with Crippen molar-refractivity contribution in [2.24, 2.45) is 0 Å². The molecule has 3 heterocycles. The van der Waals surface area contributed by atoms with Crippen LogP contribution in [-0.4, -0.2) is 44.2 Å². The molecule has 2 aromatic heterocycles. The first-order chi connectivity index (χ1) is 9.63. The normalized spacial score (nSPS) is 19.9. The predicted molar refractivity (Wildman–Crippen MR) is 78.4 cm³/mol. The van der Waals surface area contributed by atoms with Crippen LogP contribution in [0.25, 0.3) is 11.4 Å². The Morgan fingerprint density at radius 3 is 2.85 bits per heavy atom. The van der Waals surface area contributed by atoms with E-state index in [4.69, 9.17) is 0 Å². The first-order valence-corrected chi connectivity index (χ1v) is 7.23. The van der Waals surface area contributed by atoms with Crippen LogP contribution in [0.1, 0.15) is 37.7 Å². The molecule has 1 atom stereocenters. The summed E-state index contributed by atoms with van der Waals surface area (Å²) in [5.74, 6) is 1.34. The summed E-state index contributed by atoms with van der Waals surface area (Å²) in [6.07, 6.45) is 2.93. The van der Waals surface area contributed by atoms with Crippen LogP contribution in [0.4, 0.5) is 0 Å². The number of likely N-dealkylation sites (tertiary alicyclic amines) is 1. The number of hydrogen-bond acceptors (Lipinski definition) is 4. The molecular formula is C15H21N5. The van der Waals surface area contributed by atoms with Gasteiger partial charge in [-0.3, -0.25) is 5.10 Å². The first-order valence-electron chi connectivity index (χ1n) is 7.23. The molecular weight excluding hydrogens is 250 g/mol. The molecule has 0 saturated carbocycles. The van der Waals surface area contributed by atoms with Gasteiger partial charge in [-0.1, -0.05) is 0 Å². The Hall–Kier alpha value is -1.75. The largest absolute Gasteiger partial charge is 0.300 e. The van der Waals surface area contributed by atoms with Gasteiger partial charge in [-0.05, 0) is 45.9 Å². The number of rotatable bonds is 3. The zero-order valence-corrected chi connectivity index (χ0v) is 12.3. The van der Waals surface area contributed by atoms with Crippen molar-refractivity contribution in [2.75, 3.05) is 13.1 Å². The lowest BCUT2D eigenvalue weighted by molar-refractivity contribution is 0.272. The van der Waals surface area contributed by atoms with Gasteiger partial charge in [0.25, 0.3) is 0 Å². The molecule has 0 bridgehead atoms. The second-order valence-corrected chi connectivity index (χ2v) is 5.77. The van der Waals surface area contributed by atoms with Crippen LogP contribution in [0.15, 0.2) is 18.3 Å². The number of nitrogens with one attached hydrogen (secondary N) is 1. The summed E-state index contributed by atoms with van der Waals surface area (Å²) in [6.45, 7) is 8.72. The van der Waals surface area contributed by atoms with E-state index in [1.807, 2.05) is 13.0 Å². The fourth-order valence-corrected chi connectivity index (χ4v) is 2.83. The molecule has 0 radical (unpaired) electrons. The molecule has 0 aliphatic carbocycles. The third-order valence-electron chi connectivity index (χ3n) is 4.00. The molecule has 106 valence electrons. The van der Waals surface area contributed by atoms with Crippen molar-refractivity contribution < 1.29 is 0 Å². The minimum absolute atomic E-state index is 0.515. The lowest BCUT2D eigenvalue weighted by Gasteiger charge is -2.20. The van der Waals surface area contributed by atoms with Gasteiger partial charge in [0, 0.05) is 30.4 Å². The highest BCUT2D eigenvalue weighted by Gasteiger charge is 2.27. The van der Waals surface area contributed by atoms with Crippen molar-refractivity contribution in [1.29, 1.82) is 0 Å². The minimum atomic E-state index is 0.515. The Bertz CT molecular complexity index is 576. The van der Waals surface area contributed by atoms with Crippen molar-refractivity contribution in [3.05, 3.63) is 29.8 Å². The molecule has 1 fully saturated rings. The van der Waals surface area contributed by atoms with E-state index in [-0.39, 0.29) is 0 Å². The van der Waals surface area contributed by atoms with Gasteiger partial charge in [0.15, 0.2) is 0 Å².